The van der Waals surface area contributed by atoms with Crippen LogP contribution >= 0.6 is 0 Å². The lowest BCUT2D eigenvalue weighted by Gasteiger charge is -2.16. The number of aryl methyl sites for hydroxylation is 1. The molecule has 0 aliphatic carbocycles. The van der Waals surface area contributed by atoms with E-state index in [0.717, 1.165) is 11.1 Å². The summed E-state index contributed by atoms with van der Waals surface area (Å²) < 4.78 is 16.9. The van der Waals surface area contributed by atoms with Crippen molar-refractivity contribution >= 4 is 11.9 Å². The summed E-state index contributed by atoms with van der Waals surface area (Å²) >= 11 is 0. The third-order valence-electron chi connectivity index (χ3n) is 4.59. The van der Waals surface area contributed by atoms with E-state index >= 15 is 0 Å². The fraction of sp³-hybridized carbons (Fsp3) is 0.160. The second-order valence-electron chi connectivity index (χ2n) is 6.71. The van der Waals surface area contributed by atoms with E-state index in [0.29, 0.717) is 29.4 Å². The summed E-state index contributed by atoms with van der Waals surface area (Å²) in [5.41, 5.74) is 2.79. The normalized spacial score (nSPS) is 10.8. The molecule has 1 N–H and O–H groups in total. The van der Waals surface area contributed by atoms with Crippen LogP contribution in [0.2, 0.25) is 0 Å². The maximum absolute atomic E-state index is 12.6. The van der Waals surface area contributed by atoms with E-state index in [1.54, 1.807) is 37.5 Å². The van der Waals surface area contributed by atoms with Crippen LogP contribution in [0.25, 0.3) is 6.08 Å². The van der Waals surface area contributed by atoms with Crippen LogP contribution in [0.3, 0.4) is 0 Å². The molecule has 0 radical (unpaired) electrons. The first kappa shape index (κ1) is 21.0. The molecule has 0 aromatic heterocycles. The Morgan fingerprint density at radius 3 is 2.43 bits per heavy atom. The van der Waals surface area contributed by atoms with Crippen LogP contribution in [0.1, 0.15) is 27.0 Å². The average molecular weight is 404 g/mol. The second-order valence-corrected chi connectivity index (χ2v) is 6.71. The number of hydrogen-bond acceptors (Lipinski definition) is 5. The first-order valence-corrected chi connectivity index (χ1v) is 9.47. The minimum Gasteiger partial charge on any atom is -0.507 e. The van der Waals surface area contributed by atoms with E-state index in [9.17, 15) is 9.90 Å². The van der Waals surface area contributed by atoms with Gasteiger partial charge in [-0.1, -0.05) is 42.0 Å². The highest BCUT2D eigenvalue weighted by molar-refractivity contribution is 6.08. The van der Waals surface area contributed by atoms with Gasteiger partial charge in [-0.15, -0.1) is 0 Å². The highest BCUT2D eigenvalue weighted by Crippen LogP contribution is 2.41. The van der Waals surface area contributed by atoms with Crippen molar-refractivity contribution in [2.45, 2.75) is 13.5 Å². The number of benzene rings is 3. The van der Waals surface area contributed by atoms with Gasteiger partial charge < -0.3 is 19.3 Å². The summed E-state index contributed by atoms with van der Waals surface area (Å²) in [4.78, 5) is 12.6. The minimum atomic E-state index is -0.306. The second kappa shape index (κ2) is 9.65. The Morgan fingerprint density at radius 2 is 1.73 bits per heavy atom. The third-order valence-corrected chi connectivity index (χ3v) is 4.59. The lowest BCUT2D eigenvalue weighted by Crippen LogP contribution is -2.01. The van der Waals surface area contributed by atoms with Crippen LogP contribution in [0.4, 0.5) is 0 Å². The van der Waals surface area contributed by atoms with E-state index in [1.807, 2.05) is 37.3 Å². The van der Waals surface area contributed by atoms with Crippen LogP contribution in [0, 0.1) is 6.92 Å². The molecule has 0 spiro atoms. The Morgan fingerprint density at radius 1 is 0.967 bits per heavy atom. The van der Waals surface area contributed by atoms with Crippen LogP contribution in [0.5, 0.6) is 23.0 Å². The van der Waals surface area contributed by atoms with Gasteiger partial charge in [-0.25, -0.2) is 0 Å². The largest absolute Gasteiger partial charge is 0.507 e. The Balaban J connectivity index is 1.93. The number of carbonyl (C=O) groups is 1. The van der Waals surface area contributed by atoms with Crippen molar-refractivity contribution in [1.29, 1.82) is 0 Å². The van der Waals surface area contributed by atoms with Crippen molar-refractivity contribution in [3.8, 4) is 23.0 Å². The van der Waals surface area contributed by atoms with Crippen molar-refractivity contribution in [1.82, 2.24) is 0 Å². The number of aromatic hydroxyl groups is 1. The number of phenols is 1. The van der Waals surface area contributed by atoms with Gasteiger partial charge in [0.25, 0.3) is 0 Å². The van der Waals surface area contributed by atoms with Crippen molar-refractivity contribution < 1.29 is 24.1 Å². The van der Waals surface area contributed by atoms with E-state index in [4.69, 9.17) is 14.2 Å². The molecule has 5 nitrogen and oxygen atoms in total. The van der Waals surface area contributed by atoms with Gasteiger partial charge in [0.1, 0.15) is 12.4 Å². The molecule has 0 saturated heterocycles. The number of rotatable bonds is 8. The minimum absolute atomic E-state index is 0.0527. The zero-order valence-corrected chi connectivity index (χ0v) is 17.2. The molecule has 30 heavy (non-hydrogen) atoms. The average Bonchev–Trinajstić information content (AvgIpc) is 2.77. The molecule has 0 aliphatic rings. The van der Waals surface area contributed by atoms with Crippen molar-refractivity contribution in [2.24, 2.45) is 0 Å². The maximum Gasteiger partial charge on any atom is 0.203 e. The summed E-state index contributed by atoms with van der Waals surface area (Å²) in [7, 11) is 3.09. The molecule has 3 rings (SSSR count). The smallest absolute Gasteiger partial charge is 0.203 e. The Labute approximate surface area is 176 Å². The molecule has 0 bridgehead atoms. The van der Waals surface area contributed by atoms with E-state index in [2.05, 4.69) is 0 Å². The topological polar surface area (TPSA) is 65.0 Å². The molecule has 5 heteroatoms. The molecule has 3 aromatic rings. The van der Waals surface area contributed by atoms with Crippen molar-refractivity contribution in [2.75, 3.05) is 14.2 Å². The molecule has 0 heterocycles. The molecular weight excluding hydrogens is 380 g/mol. The van der Waals surface area contributed by atoms with Crippen LogP contribution in [-0.2, 0) is 6.61 Å². The molecule has 0 aliphatic heterocycles. The molecule has 0 atom stereocenters. The summed E-state index contributed by atoms with van der Waals surface area (Å²) in [5, 5.41) is 10.0. The summed E-state index contributed by atoms with van der Waals surface area (Å²) in [6.07, 6.45) is 3.05. The highest BCUT2D eigenvalue weighted by atomic mass is 16.5. The third kappa shape index (κ3) is 4.81. The number of ketones is 1. The Bertz CT molecular complexity index is 1050. The predicted molar refractivity (Wildman–Crippen MR) is 117 cm³/mol. The Hall–Kier alpha value is -3.73. The van der Waals surface area contributed by atoms with Gasteiger partial charge in [-0.05, 0) is 48.9 Å². The van der Waals surface area contributed by atoms with Gasteiger partial charge in [-0.2, -0.15) is 0 Å². The van der Waals surface area contributed by atoms with Crippen molar-refractivity contribution in [3.63, 3.8) is 0 Å². The SMILES string of the molecule is COc1ccc(C=CC(=O)c2cc(C)ccc2O)c(OCc2ccccc2)c1OC. The molecule has 154 valence electrons. The summed E-state index contributed by atoms with van der Waals surface area (Å²) in [6.45, 7) is 2.20. The lowest BCUT2D eigenvalue weighted by atomic mass is 10.0. The molecule has 0 amide bonds. The van der Waals surface area contributed by atoms with Crippen LogP contribution < -0.4 is 14.2 Å². The highest BCUT2D eigenvalue weighted by Gasteiger charge is 2.16. The quantitative estimate of drug-likeness (QED) is 0.413. The van der Waals surface area contributed by atoms with E-state index in [-0.39, 0.29) is 17.1 Å². The van der Waals surface area contributed by atoms with Crippen LogP contribution in [0.15, 0.2) is 66.7 Å². The van der Waals surface area contributed by atoms with Crippen LogP contribution in [-0.4, -0.2) is 25.1 Å². The predicted octanol–water partition coefficient (Wildman–Crippen LogP) is 5.19. The number of methoxy groups -OCH3 is 2. The number of allylic oxidation sites excluding steroid dienone is 1. The molecule has 3 aromatic carbocycles. The summed E-state index contributed by atoms with van der Waals surface area (Å²) in [5.74, 6) is 1.09. The zero-order valence-electron chi connectivity index (χ0n) is 17.2. The first-order valence-electron chi connectivity index (χ1n) is 9.47. The van der Waals surface area contributed by atoms with Gasteiger partial charge in [0, 0.05) is 5.56 Å². The van der Waals surface area contributed by atoms with Gasteiger partial charge in [0.05, 0.1) is 19.8 Å². The van der Waals surface area contributed by atoms with Gasteiger partial charge in [0.2, 0.25) is 5.75 Å². The molecule has 0 unspecified atom stereocenters. The van der Waals surface area contributed by atoms with E-state index < -0.39 is 0 Å². The Kier molecular flexibility index (Phi) is 6.75. The standard InChI is InChI=1S/C25H24O5/c1-17-9-12-21(26)20(15-17)22(27)13-10-19-11-14-23(28-2)25(29-3)24(19)30-16-18-7-5-4-6-8-18/h4-15,26H,16H2,1-3H3. The number of phenolic OH excluding ortho intramolecular Hbond substituents is 1. The van der Waals surface area contributed by atoms with Gasteiger partial charge in [-0.3, -0.25) is 4.79 Å². The zero-order chi connectivity index (χ0) is 21.5. The van der Waals surface area contributed by atoms with Crippen molar-refractivity contribution in [3.05, 3.63) is 89.0 Å². The van der Waals surface area contributed by atoms with E-state index in [1.165, 1.54) is 19.3 Å². The summed E-state index contributed by atoms with van der Waals surface area (Å²) in [6, 6.07) is 18.2. The fourth-order valence-corrected chi connectivity index (χ4v) is 3.03. The number of carbonyl (C=O) groups excluding carboxylic acids is 1. The molecular formula is C25H24O5. The maximum atomic E-state index is 12.6. The van der Waals surface area contributed by atoms with Gasteiger partial charge >= 0.3 is 0 Å². The lowest BCUT2D eigenvalue weighted by molar-refractivity contribution is 0.104. The fourth-order valence-electron chi connectivity index (χ4n) is 3.03. The molecule has 0 fully saturated rings. The first-order chi connectivity index (χ1) is 14.5. The molecule has 0 saturated carbocycles. The monoisotopic (exact) mass is 404 g/mol. The van der Waals surface area contributed by atoms with Gasteiger partial charge in [0.15, 0.2) is 17.3 Å². The number of hydrogen-bond donors (Lipinski definition) is 1. The number of ether oxygens (including phenoxy) is 3.